The molecule has 2 unspecified atom stereocenters. The lowest BCUT2D eigenvalue weighted by molar-refractivity contribution is 0.105. The second-order valence-electron chi connectivity index (χ2n) is 8.08. The summed E-state index contributed by atoms with van der Waals surface area (Å²) in [6.45, 7) is 19.7. The molecule has 2 nitrogen and oxygen atoms in total. The largest absolute Gasteiger partial charge is 0.508 e. The van der Waals surface area contributed by atoms with Gasteiger partial charge in [-0.3, -0.25) is 0 Å². The first-order valence-electron chi connectivity index (χ1n) is 8.03. The molecule has 22 heavy (non-hydrogen) atoms. The van der Waals surface area contributed by atoms with E-state index in [2.05, 4.69) is 54.3 Å². The molecule has 1 rings (SSSR count). The molecule has 0 aliphatic carbocycles. The summed E-state index contributed by atoms with van der Waals surface area (Å²) in [5.41, 5.74) is 0.880. The van der Waals surface area contributed by atoms with Crippen LogP contribution in [-0.4, -0.2) is 19.0 Å². The normalized spacial score (nSPS) is 16.9. The van der Waals surface area contributed by atoms with Crippen LogP contribution >= 0.6 is 0 Å². The highest BCUT2D eigenvalue weighted by Gasteiger charge is 2.42. The predicted octanol–water partition coefficient (Wildman–Crippen LogP) is 5.85. The summed E-state index contributed by atoms with van der Waals surface area (Å²) in [4.78, 5) is 0. The minimum Gasteiger partial charge on any atom is -0.508 e. The number of hydrogen-bond donors (Lipinski definition) is 1. The lowest BCUT2D eigenvalue weighted by Gasteiger charge is -2.44. The van der Waals surface area contributed by atoms with Crippen molar-refractivity contribution < 1.29 is 9.53 Å². The SMILES string of the molecule is C=CC(C)(CC(C)c1ccc(O)cc1)O[Si](C)(C)C(C)(C)C. The highest BCUT2D eigenvalue weighted by atomic mass is 28.4. The van der Waals surface area contributed by atoms with Gasteiger partial charge in [-0.2, -0.15) is 0 Å². The Kier molecular flexibility index (Phi) is 5.69. The van der Waals surface area contributed by atoms with E-state index >= 15 is 0 Å². The van der Waals surface area contributed by atoms with Crippen LogP contribution in [0.25, 0.3) is 0 Å². The number of benzene rings is 1. The van der Waals surface area contributed by atoms with E-state index in [9.17, 15) is 5.11 Å². The third-order valence-electron chi connectivity index (χ3n) is 4.90. The number of aromatic hydroxyl groups is 1. The van der Waals surface area contributed by atoms with E-state index in [1.165, 1.54) is 5.56 Å². The van der Waals surface area contributed by atoms with E-state index in [1.54, 1.807) is 12.1 Å². The zero-order chi connectivity index (χ0) is 17.2. The van der Waals surface area contributed by atoms with Crippen LogP contribution in [0.15, 0.2) is 36.9 Å². The summed E-state index contributed by atoms with van der Waals surface area (Å²) in [6.07, 6.45) is 2.83. The average Bonchev–Trinajstić information content (AvgIpc) is 2.37. The van der Waals surface area contributed by atoms with E-state index in [-0.39, 0.29) is 10.6 Å². The highest BCUT2D eigenvalue weighted by Crippen LogP contribution is 2.41. The zero-order valence-corrected chi connectivity index (χ0v) is 16.2. The Hall–Kier alpha value is -1.06. The molecule has 3 heteroatoms. The van der Waals surface area contributed by atoms with Crippen molar-refractivity contribution in [3.8, 4) is 5.75 Å². The van der Waals surface area contributed by atoms with Crippen molar-refractivity contribution in [2.24, 2.45) is 0 Å². The van der Waals surface area contributed by atoms with Gasteiger partial charge in [-0.15, -0.1) is 6.58 Å². The van der Waals surface area contributed by atoms with Crippen LogP contribution in [-0.2, 0) is 4.43 Å². The van der Waals surface area contributed by atoms with Crippen LogP contribution in [0.3, 0.4) is 0 Å². The van der Waals surface area contributed by atoms with Crippen molar-refractivity contribution in [1.82, 2.24) is 0 Å². The molecule has 0 saturated carbocycles. The molecule has 1 N–H and O–H groups in total. The van der Waals surface area contributed by atoms with Gasteiger partial charge in [0.15, 0.2) is 8.32 Å². The van der Waals surface area contributed by atoms with Gasteiger partial charge in [-0.05, 0) is 55.1 Å². The number of phenols is 1. The van der Waals surface area contributed by atoms with Gasteiger partial charge in [-0.25, -0.2) is 0 Å². The molecule has 0 saturated heterocycles. The van der Waals surface area contributed by atoms with Crippen molar-refractivity contribution in [2.45, 2.75) is 70.7 Å². The first-order valence-corrected chi connectivity index (χ1v) is 10.9. The first kappa shape index (κ1) is 19.0. The molecule has 1 aromatic carbocycles. The fourth-order valence-electron chi connectivity index (χ4n) is 2.43. The van der Waals surface area contributed by atoms with Crippen LogP contribution in [0.1, 0.15) is 52.5 Å². The minimum atomic E-state index is -1.85. The maximum atomic E-state index is 9.42. The summed E-state index contributed by atoms with van der Waals surface area (Å²) in [6, 6.07) is 7.45. The lowest BCUT2D eigenvalue weighted by Crippen LogP contribution is -2.48. The van der Waals surface area contributed by atoms with Crippen molar-refractivity contribution in [2.75, 3.05) is 0 Å². The van der Waals surface area contributed by atoms with Gasteiger partial charge in [0.2, 0.25) is 0 Å². The summed E-state index contributed by atoms with van der Waals surface area (Å²) < 4.78 is 6.63. The molecular weight excluding hydrogens is 288 g/mol. The summed E-state index contributed by atoms with van der Waals surface area (Å²) in [5, 5.41) is 9.60. The van der Waals surface area contributed by atoms with Crippen LogP contribution in [0.2, 0.25) is 18.1 Å². The topological polar surface area (TPSA) is 29.5 Å². The zero-order valence-electron chi connectivity index (χ0n) is 15.2. The van der Waals surface area contributed by atoms with Crippen molar-refractivity contribution >= 4 is 8.32 Å². The third-order valence-corrected chi connectivity index (χ3v) is 9.49. The molecule has 124 valence electrons. The summed E-state index contributed by atoms with van der Waals surface area (Å²) in [7, 11) is -1.85. The molecule has 0 aliphatic heterocycles. The van der Waals surface area contributed by atoms with E-state index in [0.717, 1.165) is 6.42 Å². The Bertz CT molecular complexity index is 499. The van der Waals surface area contributed by atoms with Crippen molar-refractivity contribution in [3.05, 3.63) is 42.5 Å². The second-order valence-corrected chi connectivity index (χ2v) is 12.8. The van der Waals surface area contributed by atoms with Gasteiger partial charge in [-0.1, -0.05) is 45.9 Å². The Morgan fingerprint density at radius 1 is 1.18 bits per heavy atom. The number of rotatable bonds is 6. The second kappa shape index (κ2) is 6.59. The van der Waals surface area contributed by atoms with Crippen molar-refractivity contribution in [1.29, 1.82) is 0 Å². The highest BCUT2D eigenvalue weighted by molar-refractivity contribution is 6.74. The van der Waals surface area contributed by atoms with Gasteiger partial charge < -0.3 is 9.53 Å². The maximum absolute atomic E-state index is 9.42. The molecule has 0 amide bonds. The molecular formula is C19H32O2Si. The minimum absolute atomic E-state index is 0.180. The Morgan fingerprint density at radius 2 is 1.68 bits per heavy atom. The fourth-order valence-corrected chi connectivity index (χ4v) is 4.07. The molecule has 0 bridgehead atoms. The number of hydrogen-bond acceptors (Lipinski definition) is 2. The van der Waals surface area contributed by atoms with Gasteiger partial charge in [0.25, 0.3) is 0 Å². The average molecular weight is 321 g/mol. The molecule has 0 aromatic heterocycles. The van der Waals surface area contributed by atoms with Gasteiger partial charge in [0.1, 0.15) is 5.75 Å². The molecule has 1 aromatic rings. The van der Waals surface area contributed by atoms with Crippen LogP contribution in [0.5, 0.6) is 5.75 Å². The summed E-state index contributed by atoms with van der Waals surface area (Å²) in [5.74, 6) is 0.647. The van der Waals surface area contributed by atoms with E-state index in [1.807, 2.05) is 18.2 Å². The lowest BCUT2D eigenvalue weighted by atomic mass is 9.88. The van der Waals surface area contributed by atoms with E-state index in [4.69, 9.17) is 4.43 Å². The molecule has 2 atom stereocenters. The monoisotopic (exact) mass is 320 g/mol. The first-order chi connectivity index (χ1) is 9.90. The fraction of sp³-hybridized carbons (Fsp3) is 0.579. The Morgan fingerprint density at radius 3 is 2.09 bits per heavy atom. The molecule has 0 radical (unpaired) electrons. The number of phenolic OH excluding ortho intramolecular Hbond substituents is 1. The van der Waals surface area contributed by atoms with E-state index in [0.29, 0.717) is 11.7 Å². The van der Waals surface area contributed by atoms with Crippen LogP contribution in [0.4, 0.5) is 0 Å². The Balaban J connectivity index is 2.90. The standard InChI is InChI=1S/C19H32O2Si/c1-9-19(6,21-22(7,8)18(3,4)5)14-15(2)16-10-12-17(20)13-11-16/h9-13,15,20H,1,14H2,2-8H3. The third kappa shape index (κ3) is 4.72. The van der Waals surface area contributed by atoms with Gasteiger partial charge >= 0.3 is 0 Å². The molecule has 0 fully saturated rings. The Labute approximate surface area is 137 Å². The molecule has 0 spiro atoms. The van der Waals surface area contributed by atoms with E-state index < -0.39 is 8.32 Å². The van der Waals surface area contributed by atoms with Crippen molar-refractivity contribution in [3.63, 3.8) is 0 Å². The summed E-state index contributed by atoms with van der Waals surface area (Å²) >= 11 is 0. The molecule has 0 heterocycles. The molecule has 0 aliphatic rings. The van der Waals surface area contributed by atoms with Gasteiger partial charge in [0.05, 0.1) is 5.60 Å². The predicted molar refractivity (Wildman–Crippen MR) is 98.0 cm³/mol. The van der Waals surface area contributed by atoms with Crippen LogP contribution in [0, 0.1) is 0 Å². The van der Waals surface area contributed by atoms with Gasteiger partial charge in [0, 0.05) is 0 Å². The quantitative estimate of drug-likeness (QED) is 0.526. The maximum Gasteiger partial charge on any atom is 0.193 e. The van der Waals surface area contributed by atoms with Crippen LogP contribution < -0.4 is 0 Å². The smallest absolute Gasteiger partial charge is 0.193 e.